The van der Waals surface area contributed by atoms with Crippen LogP contribution in [0.5, 0.6) is 0 Å². The minimum atomic E-state index is -5.27. The molecule has 0 fully saturated rings. The Balaban J connectivity index is 3.72. The van der Waals surface area contributed by atoms with Crippen LogP contribution in [0.3, 0.4) is 0 Å². The third kappa shape index (κ3) is 2.93. The van der Waals surface area contributed by atoms with Crippen molar-refractivity contribution >= 4 is 5.69 Å². The van der Waals surface area contributed by atoms with Crippen LogP contribution in [0.2, 0.25) is 0 Å². The van der Waals surface area contributed by atoms with Crippen molar-refractivity contribution in [2.24, 2.45) is 0 Å². The minimum absolute atomic E-state index is 0.295. The molecule has 0 saturated heterocycles. The highest BCUT2D eigenvalue weighted by Gasteiger charge is 2.42. The molecule has 0 spiro atoms. The molecule has 0 aromatic carbocycles. The second kappa shape index (κ2) is 5.13. The van der Waals surface area contributed by atoms with E-state index in [4.69, 9.17) is 5.26 Å². The number of aromatic nitrogens is 1. The van der Waals surface area contributed by atoms with Crippen molar-refractivity contribution in [2.75, 3.05) is 0 Å². The molecular formula is C9H4F5N3O2. The zero-order chi connectivity index (χ0) is 14.8. The average Bonchev–Trinajstić information content (AvgIpc) is 2.26. The van der Waals surface area contributed by atoms with E-state index in [0.29, 0.717) is 6.20 Å². The van der Waals surface area contributed by atoms with Crippen molar-refractivity contribution in [3.8, 4) is 6.07 Å². The zero-order valence-electron chi connectivity index (χ0n) is 8.91. The first-order chi connectivity index (χ1) is 8.70. The molecule has 1 aromatic rings. The van der Waals surface area contributed by atoms with Crippen molar-refractivity contribution in [2.45, 2.75) is 19.0 Å². The molecule has 0 aliphatic heterocycles. The van der Waals surface area contributed by atoms with Gasteiger partial charge in [-0.05, 0) is 0 Å². The van der Waals surface area contributed by atoms with Crippen LogP contribution in [-0.4, -0.2) is 9.91 Å². The summed E-state index contributed by atoms with van der Waals surface area (Å²) in [5, 5.41) is 19.0. The molecule has 0 bridgehead atoms. The average molecular weight is 281 g/mol. The molecule has 102 valence electrons. The number of halogens is 5. The molecule has 0 aliphatic carbocycles. The lowest BCUT2D eigenvalue weighted by Gasteiger charge is -2.14. The number of nitriles is 1. The molecule has 10 heteroatoms. The van der Waals surface area contributed by atoms with Gasteiger partial charge in [-0.3, -0.25) is 10.1 Å². The number of alkyl halides is 5. The standard InChI is InChI=1S/C9H4F5N3O2/c10-8(11)7-6(9(12,13)14)4(1-2-15)5(3-16-7)17(18)19/h3,8H,1H2. The third-order valence-electron chi connectivity index (χ3n) is 2.14. The summed E-state index contributed by atoms with van der Waals surface area (Å²) in [5.41, 5.74) is -5.76. The van der Waals surface area contributed by atoms with E-state index in [0.717, 1.165) is 0 Å². The fourth-order valence-corrected chi connectivity index (χ4v) is 1.45. The molecule has 1 aromatic heterocycles. The molecule has 19 heavy (non-hydrogen) atoms. The van der Waals surface area contributed by atoms with E-state index in [1.54, 1.807) is 0 Å². The Labute approximate surface area is 102 Å². The predicted octanol–water partition coefficient (Wildman–Crippen LogP) is 3.01. The summed E-state index contributed by atoms with van der Waals surface area (Å²) in [7, 11) is 0. The molecule has 0 saturated carbocycles. The van der Waals surface area contributed by atoms with Gasteiger partial charge in [-0.1, -0.05) is 0 Å². The second-order valence-corrected chi connectivity index (χ2v) is 3.27. The molecule has 0 amide bonds. The minimum Gasteiger partial charge on any atom is -0.258 e. The lowest BCUT2D eigenvalue weighted by Crippen LogP contribution is -2.16. The molecule has 1 heterocycles. The fourth-order valence-electron chi connectivity index (χ4n) is 1.45. The monoisotopic (exact) mass is 281 g/mol. The molecule has 0 atom stereocenters. The van der Waals surface area contributed by atoms with Gasteiger partial charge < -0.3 is 0 Å². The van der Waals surface area contributed by atoms with Gasteiger partial charge in [0.25, 0.3) is 12.1 Å². The lowest BCUT2D eigenvalue weighted by atomic mass is 10.0. The molecule has 1 rings (SSSR count). The molecule has 0 N–H and O–H groups in total. The van der Waals surface area contributed by atoms with Crippen molar-refractivity contribution in [3.63, 3.8) is 0 Å². The summed E-state index contributed by atoms with van der Waals surface area (Å²) in [6.07, 6.45) is -9.55. The van der Waals surface area contributed by atoms with E-state index in [9.17, 15) is 32.1 Å². The normalized spacial score (nSPS) is 11.4. The van der Waals surface area contributed by atoms with Crippen LogP contribution in [0.4, 0.5) is 27.6 Å². The van der Waals surface area contributed by atoms with Crippen molar-refractivity contribution in [3.05, 3.63) is 33.1 Å². The topological polar surface area (TPSA) is 79.8 Å². The molecule has 0 aliphatic rings. The van der Waals surface area contributed by atoms with Gasteiger partial charge in [0.05, 0.1) is 28.5 Å². The summed E-state index contributed by atoms with van der Waals surface area (Å²) in [6.45, 7) is 0. The summed E-state index contributed by atoms with van der Waals surface area (Å²) >= 11 is 0. The van der Waals surface area contributed by atoms with Crippen molar-refractivity contribution in [1.29, 1.82) is 5.26 Å². The van der Waals surface area contributed by atoms with Gasteiger partial charge in [0.1, 0.15) is 11.9 Å². The number of rotatable bonds is 3. The molecule has 5 nitrogen and oxygen atoms in total. The SMILES string of the molecule is N#CCc1c([N+](=O)[O-])cnc(C(F)F)c1C(F)(F)F. The zero-order valence-corrected chi connectivity index (χ0v) is 8.91. The van der Waals surface area contributed by atoms with E-state index >= 15 is 0 Å². The number of hydrogen-bond donors (Lipinski definition) is 0. The molecule has 0 radical (unpaired) electrons. The molecular weight excluding hydrogens is 277 g/mol. The summed E-state index contributed by atoms with van der Waals surface area (Å²) in [6, 6.07) is 1.28. The Morgan fingerprint density at radius 2 is 2.05 bits per heavy atom. The quantitative estimate of drug-likeness (QED) is 0.484. The summed E-state index contributed by atoms with van der Waals surface area (Å²) < 4.78 is 63.2. The van der Waals surface area contributed by atoms with E-state index in [2.05, 4.69) is 4.98 Å². The van der Waals surface area contributed by atoms with Crippen LogP contribution in [0.25, 0.3) is 0 Å². The summed E-state index contributed by atoms with van der Waals surface area (Å²) in [4.78, 5) is 12.1. The van der Waals surface area contributed by atoms with Crippen LogP contribution in [0.1, 0.15) is 23.2 Å². The van der Waals surface area contributed by atoms with Gasteiger partial charge in [0.15, 0.2) is 0 Å². The van der Waals surface area contributed by atoms with Crippen LogP contribution in [0.15, 0.2) is 6.20 Å². The smallest absolute Gasteiger partial charge is 0.258 e. The van der Waals surface area contributed by atoms with E-state index in [-0.39, 0.29) is 0 Å². The fraction of sp³-hybridized carbons (Fsp3) is 0.333. The van der Waals surface area contributed by atoms with Crippen LogP contribution in [-0.2, 0) is 12.6 Å². The maximum absolute atomic E-state index is 12.7. The van der Waals surface area contributed by atoms with Crippen molar-refractivity contribution < 1.29 is 26.9 Å². The second-order valence-electron chi connectivity index (χ2n) is 3.27. The molecule has 0 unspecified atom stereocenters. The van der Waals surface area contributed by atoms with Crippen LogP contribution < -0.4 is 0 Å². The first-order valence-corrected chi connectivity index (χ1v) is 4.58. The van der Waals surface area contributed by atoms with Crippen LogP contribution >= 0.6 is 0 Å². The first kappa shape index (κ1) is 14.7. The maximum atomic E-state index is 12.7. The Bertz CT molecular complexity index is 550. The third-order valence-corrected chi connectivity index (χ3v) is 2.14. The number of nitrogens with zero attached hydrogens (tertiary/aromatic N) is 3. The Morgan fingerprint density at radius 3 is 2.42 bits per heavy atom. The Kier molecular flexibility index (Phi) is 3.98. The van der Waals surface area contributed by atoms with E-state index < -0.39 is 46.5 Å². The Hall–Kier alpha value is -2.31. The highest BCUT2D eigenvalue weighted by atomic mass is 19.4. The largest absolute Gasteiger partial charge is 0.418 e. The van der Waals surface area contributed by atoms with E-state index in [1.807, 2.05) is 0 Å². The number of hydrogen-bond acceptors (Lipinski definition) is 4. The maximum Gasteiger partial charge on any atom is 0.418 e. The Morgan fingerprint density at radius 1 is 1.47 bits per heavy atom. The lowest BCUT2D eigenvalue weighted by molar-refractivity contribution is -0.386. The van der Waals surface area contributed by atoms with Gasteiger partial charge in [-0.15, -0.1) is 0 Å². The van der Waals surface area contributed by atoms with Gasteiger partial charge in [-0.2, -0.15) is 18.4 Å². The predicted molar refractivity (Wildman–Crippen MR) is 50.2 cm³/mol. The van der Waals surface area contributed by atoms with E-state index in [1.165, 1.54) is 6.07 Å². The number of pyridine rings is 1. The van der Waals surface area contributed by atoms with Gasteiger partial charge in [0.2, 0.25) is 0 Å². The first-order valence-electron chi connectivity index (χ1n) is 4.58. The van der Waals surface area contributed by atoms with Crippen molar-refractivity contribution in [1.82, 2.24) is 4.98 Å². The van der Waals surface area contributed by atoms with Gasteiger partial charge >= 0.3 is 6.18 Å². The van der Waals surface area contributed by atoms with Gasteiger partial charge in [0, 0.05) is 0 Å². The summed E-state index contributed by atoms with van der Waals surface area (Å²) in [5.74, 6) is 0. The van der Waals surface area contributed by atoms with Crippen LogP contribution in [0, 0.1) is 21.4 Å². The van der Waals surface area contributed by atoms with Gasteiger partial charge in [-0.25, -0.2) is 13.8 Å². The number of nitro groups is 1. The highest BCUT2D eigenvalue weighted by molar-refractivity contribution is 5.49. The highest BCUT2D eigenvalue weighted by Crippen LogP contribution is 2.40.